The SMILES string of the molecule is O=C(O)c1ccccc1CC1CCN(C(=O)Cc2ccccc2)CC1. The predicted octanol–water partition coefficient (Wildman–Crippen LogP) is 3.41. The lowest BCUT2D eigenvalue weighted by molar-refractivity contribution is -0.131. The molecule has 3 rings (SSSR count). The van der Waals surface area contributed by atoms with Crippen LogP contribution in [-0.4, -0.2) is 35.0 Å². The summed E-state index contributed by atoms with van der Waals surface area (Å²) in [7, 11) is 0. The topological polar surface area (TPSA) is 57.6 Å². The number of nitrogens with zero attached hydrogens (tertiary/aromatic N) is 1. The Morgan fingerprint density at radius 1 is 0.960 bits per heavy atom. The third kappa shape index (κ3) is 4.47. The van der Waals surface area contributed by atoms with Crippen molar-refractivity contribution in [2.45, 2.75) is 25.7 Å². The van der Waals surface area contributed by atoms with E-state index < -0.39 is 5.97 Å². The van der Waals surface area contributed by atoms with E-state index >= 15 is 0 Å². The fourth-order valence-corrected chi connectivity index (χ4v) is 3.49. The highest BCUT2D eigenvalue weighted by Gasteiger charge is 2.24. The van der Waals surface area contributed by atoms with Crippen LogP contribution in [0.2, 0.25) is 0 Å². The van der Waals surface area contributed by atoms with Gasteiger partial charge in [-0.2, -0.15) is 0 Å². The van der Waals surface area contributed by atoms with Crippen LogP contribution in [0.25, 0.3) is 0 Å². The van der Waals surface area contributed by atoms with Gasteiger partial charge in [0.15, 0.2) is 0 Å². The van der Waals surface area contributed by atoms with Gasteiger partial charge in [0.1, 0.15) is 0 Å². The van der Waals surface area contributed by atoms with Crippen LogP contribution in [0, 0.1) is 5.92 Å². The van der Waals surface area contributed by atoms with Crippen LogP contribution in [0.1, 0.15) is 34.3 Å². The molecule has 4 heteroatoms. The lowest BCUT2D eigenvalue weighted by Crippen LogP contribution is -2.39. The van der Waals surface area contributed by atoms with Crippen LogP contribution < -0.4 is 0 Å². The number of rotatable bonds is 5. The molecule has 1 heterocycles. The number of aromatic carboxylic acids is 1. The average molecular weight is 337 g/mol. The molecule has 0 spiro atoms. The monoisotopic (exact) mass is 337 g/mol. The van der Waals surface area contributed by atoms with Crippen molar-refractivity contribution in [1.29, 1.82) is 0 Å². The first-order valence-corrected chi connectivity index (χ1v) is 8.76. The zero-order valence-corrected chi connectivity index (χ0v) is 14.2. The van der Waals surface area contributed by atoms with Crippen LogP contribution in [0.4, 0.5) is 0 Å². The molecule has 4 nitrogen and oxygen atoms in total. The predicted molar refractivity (Wildman–Crippen MR) is 96.6 cm³/mol. The lowest BCUT2D eigenvalue weighted by Gasteiger charge is -2.32. The maximum absolute atomic E-state index is 12.4. The van der Waals surface area contributed by atoms with E-state index in [1.54, 1.807) is 12.1 Å². The van der Waals surface area contributed by atoms with Crippen molar-refractivity contribution in [3.8, 4) is 0 Å². The van der Waals surface area contributed by atoms with Gasteiger partial charge >= 0.3 is 5.97 Å². The summed E-state index contributed by atoms with van der Waals surface area (Å²) >= 11 is 0. The van der Waals surface area contributed by atoms with E-state index in [1.165, 1.54) is 0 Å². The van der Waals surface area contributed by atoms with E-state index in [1.807, 2.05) is 47.4 Å². The van der Waals surface area contributed by atoms with Gasteiger partial charge in [-0.1, -0.05) is 48.5 Å². The van der Waals surface area contributed by atoms with Crippen molar-refractivity contribution in [2.24, 2.45) is 5.92 Å². The lowest BCUT2D eigenvalue weighted by atomic mass is 9.88. The summed E-state index contributed by atoms with van der Waals surface area (Å²) in [4.78, 5) is 25.7. The van der Waals surface area contributed by atoms with Gasteiger partial charge in [-0.3, -0.25) is 4.79 Å². The van der Waals surface area contributed by atoms with Gasteiger partial charge < -0.3 is 10.0 Å². The molecule has 0 aliphatic carbocycles. The summed E-state index contributed by atoms with van der Waals surface area (Å²) in [6.07, 6.45) is 3.07. The number of benzene rings is 2. The van der Waals surface area contributed by atoms with Crippen molar-refractivity contribution in [3.63, 3.8) is 0 Å². The molecule has 0 atom stereocenters. The van der Waals surface area contributed by atoms with Gasteiger partial charge in [0.05, 0.1) is 12.0 Å². The number of carbonyl (C=O) groups is 2. The molecule has 0 radical (unpaired) electrons. The number of hydrogen-bond acceptors (Lipinski definition) is 2. The largest absolute Gasteiger partial charge is 0.478 e. The molecule has 1 N–H and O–H groups in total. The minimum absolute atomic E-state index is 0.176. The molecule has 1 aliphatic rings. The third-order valence-electron chi connectivity index (χ3n) is 4.92. The Balaban J connectivity index is 1.54. The number of likely N-dealkylation sites (tertiary alicyclic amines) is 1. The third-order valence-corrected chi connectivity index (χ3v) is 4.92. The maximum atomic E-state index is 12.4. The Labute approximate surface area is 148 Å². The summed E-state index contributed by atoms with van der Waals surface area (Å²) < 4.78 is 0. The van der Waals surface area contributed by atoms with E-state index in [9.17, 15) is 14.7 Å². The number of carbonyl (C=O) groups excluding carboxylic acids is 1. The number of carboxylic acids is 1. The molecule has 130 valence electrons. The van der Waals surface area contributed by atoms with Gasteiger partial charge in [0, 0.05) is 13.1 Å². The van der Waals surface area contributed by atoms with Gasteiger partial charge in [-0.05, 0) is 42.4 Å². The van der Waals surface area contributed by atoms with Crippen LogP contribution in [-0.2, 0) is 17.6 Å². The van der Waals surface area contributed by atoms with Crippen LogP contribution in [0.3, 0.4) is 0 Å². The number of amides is 1. The molecule has 2 aromatic rings. The van der Waals surface area contributed by atoms with Crippen LogP contribution in [0.15, 0.2) is 54.6 Å². The highest BCUT2D eigenvalue weighted by atomic mass is 16.4. The second-order valence-electron chi connectivity index (χ2n) is 6.65. The summed E-state index contributed by atoms with van der Waals surface area (Å²) in [5, 5.41) is 9.30. The smallest absolute Gasteiger partial charge is 0.335 e. The number of hydrogen-bond donors (Lipinski definition) is 1. The summed E-state index contributed by atoms with van der Waals surface area (Å²) in [5.41, 5.74) is 2.33. The quantitative estimate of drug-likeness (QED) is 0.909. The molecule has 0 unspecified atom stereocenters. The number of piperidine rings is 1. The second kappa shape index (κ2) is 7.97. The molecule has 1 amide bonds. The van der Waals surface area contributed by atoms with E-state index in [0.29, 0.717) is 17.9 Å². The van der Waals surface area contributed by atoms with E-state index in [2.05, 4.69) is 0 Å². The fourth-order valence-electron chi connectivity index (χ4n) is 3.49. The van der Waals surface area contributed by atoms with Crippen molar-refractivity contribution in [2.75, 3.05) is 13.1 Å². The van der Waals surface area contributed by atoms with Gasteiger partial charge in [0.25, 0.3) is 0 Å². The van der Waals surface area contributed by atoms with Crippen molar-refractivity contribution >= 4 is 11.9 Å². The first-order valence-electron chi connectivity index (χ1n) is 8.76. The van der Waals surface area contributed by atoms with E-state index in [-0.39, 0.29) is 5.91 Å². The number of carboxylic acid groups (broad SMARTS) is 1. The minimum Gasteiger partial charge on any atom is -0.478 e. The first kappa shape index (κ1) is 17.2. The zero-order valence-electron chi connectivity index (χ0n) is 14.2. The van der Waals surface area contributed by atoms with Gasteiger partial charge in [0.2, 0.25) is 5.91 Å². The summed E-state index contributed by atoms with van der Waals surface area (Å²) in [5.74, 6) is -0.261. The molecule has 1 fully saturated rings. The van der Waals surface area contributed by atoms with Crippen molar-refractivity contribution in [3.05, 3.63) is 71.3 Å². The molecule has 0 saturated carbocycles. The average Bonchev–Trinajstić information content (AvgIpc) is 2.63. The molecule has 1 aliphatic heterocycles. The van der Waals surface area contributed by atoms with Crippen molar-refractivity contribution < 1.29 is 14.7 Å². The molecule has 0 bridgehead atoms. The molecule has 2 aromatic carbocycles. The van der Waals surface area contributed by atoms with Crippen LogP contribution in [0.5, 0.6) is 0 Å². The Hall–Kier alpha value is -2.62. The Morgan fingerprint density at radius 3 is 2.28 bits per heavy atom. The normalized spacial score (nSPS) is 15.1. The van der Waals surface area contributed by atoms with Gasteiger partial charge in [-0.25, -0.2) is 4.79 Å². The van der Waals surface area contributed by atoms with E-state index in [0.717, 1.165) is 43.5 Å². The van der Waals surface area contributed by atoms with E-state index in [4.69, 9.17) is 0 Å². The maximum Gasteiger partial charge on any atom is 0.335 e. The van der Waals surface area contributed by atoms with Crippen molar-refractivity contribution in [1.82, 2.24) is 4.90 Å². The Morgan fingerprint density at radius 2 is 1.60 bits per heavy atom. The zero-order chi connectivity index (χ0) is 17.6. The Bertz CT molecular complexity index is 734. The standard InChI is InChI=1S/C21H23NO3/c23-20(15-16-6-2-1-3-7-16)22-12-10-17(11-13-22)14-18-8-4-5-9-19(18)21(24)25/h1-9,17H,10-15H2,(H,24,25). The second-order valence-corrected chi connectivity index (χ2v) is 6.65. The first-order chi connectivity index (χ1) is 12.1. The minimum atomic E-state index is -0.869. The summed E-state index contributed by atoms with van der Waals surface area (Å²) in [6.45, 7) is 1.51. The highest BCUT2D eigenvalue weighted by molar-refractivity contribution is 5.89. The molecule has 1 saturated heterocycles. The highest BCUT2D eigenvalue weighted by Crippen LogP contribution is 2.24. The van der Waals surface area contributed by atoms with Gasteiger partial charge in [-0.15, -0.1) is 0 Å². The Kier molecular flexibility index (Phi) is 5.49. The van der Waals surface area contributed by atoms with Crippen LogP contribution >= 0.6 is 0 Å². The molecular formula is C21H23NO3. The molecule has 0 aromatic heterocycles. The molecular weight excluding hydrogens is 314 g/mol. The fraction of sp³-hybridized carbons (Fsp3) is 0.333. The molecule has 25 heavy (non-hydrogen) atoms. The summed E-state index contributed by atoms with van der Waals surface area (Å²) in [6, 6.07) is 17.0.